The predicted molar refractivity (Wildman–Crippen MR) is 119 cm³/mol. The summed E-state index contributed by atoms with van der Waals surface area (Å²) in [6.07, 6.45) is -0.530. The van der Waals surface area contributed by atoms with Crippen LogP contribution in [0.1, 0.15) is 18.4 Å². The summed E-state index contributed by atoms with van der Waals surface area (Å²) in [6.45, 7) is 0.355. The first kappa shape index (κ1) is 22.5. The van der Waals surface area contributed by atoms with Crippen LogP contribution in [0.3, 0.4) is 0 Å². The van der Waals surface area contributed by atoms with Crippen molar-refractivity contribution >= 4 is 29.3 Å². The first-order valence-electron chi connectivity index (χ1n) is 10.1. The Morgan fingerprint density at radius 3 is 2.70 bits per heavy atom. The van der Waals surface area contributed by atoms with E-state index in [9.17, 15) is 9.59 Å². The molecule has 1 aliphatic heterocycles. The molecule has 1 aromatic heterocycles. The largest absolute Gasteiger partial charge is 0.495 e. The Morgan fingerprint density at radius 1 is 1.15 bits per heavy atom. The molecule has 10 nitrogen and oxygen atoms in total. The second kappa shape index (κ2) is 10.3. The highest BCUT2D eigenvalue weighted by Gasteiger charge is 2.28. The van der Waals surface area contributed by atoms with Crippen LogP contribution in [-0.4, -0.2) is 48.0 Å². The van der Waals surface area contributed by atoms with E-state index in [1.165, 1.54) is 12.0 Å². The smallest absolute Gasteiger partial charge is 0.277 e. The van der Waals surface area contributed by atoms with Crippen LogP contribution in [0.25, 0.3) is 0 Å². The Labute approximate surface area is 194 Å². The number of amides is 2. The molecule has 2 amide bonds. The first-order chi connectivity index (χ1) is 16.0. The van der Waals surface area contributed by atoms with Crippen LogP contribution in [0.4, 0.5) is 5.69 Å². The van der Waals surface area contributed by atoms with Crippen LogP contribution in [0.2, 0.25) is 0 Å². The maximum atomic E-state index is 13.0. The molecule has 0 aliphatic carbocycles. The Bertz CT molecular complexity index is 1140. The molecule has 2 heterocycles. The van der Waals surface area contributed by atoms with Gasteiger partial charge in [-0.25, -0.2) is 0 Å². The molecule has 4 rings (SSSR count). The SMILES string of the molecule is COc1ccccc1N(CCC(N)=O)C(=O)CSc1nnc(C2COc3ccccc3O2)o1. The number of thioether (sulfide) groups is 1. The van der Waals surface area contributed by atoms with Crippen LogP contribution in [0.15, 0.2) is 58.2 Å². The van der Waals surface area contributed by atoms with E-state index in [0.29, 0.717) is 22.9 Å². The zero-order chi connectivity index (χ0) is 23.2. The minimum absolute atomic E-state index is 0.00327. The zero-order valence-corrected chi connectivity index (χ0v) is 18.6. The third-order valence-corrected chi connectivity index (χ3v) is 5.59. The van der Waals surface area contributed by atoms with Gasteiger partial charge < -0.3 is 29.3 Å². The fraction of sp³-hybridized carbons (Fsp3) is 0.273. The van der Waals surface area contributed by atoms with E-state index in [1.807, 2.05) is 18.2 Å². The van der Waals surface area contributed by atoms with Crippen molar-refractivity contribution in [2.75, 3.05) is 30.9 Å². The summed E-state index contributed by atoms with van der Waals surface area (Å²) < 4.78 is 22.6. The standard InChI is InChI=1S/C22H22N4O6S/c1-29-15-7-3-2-6-14(15)26(11-10-19(23)27)20(28)13-33-22-25-24-21(32-22)18-12-30-16-8-4-5-9-17(16)31-18/h2-9,18H,10-13H2,1H3,(H2,23,27). The fourth-order valence-electron chi connectivity index (χ4n) is 3.21. The molecule has 172 valence electrons. The average molecular weight is 471 g/mol. The number of aromatic nitrogens is 2. The molecule has 11 heteroatoms. The van der Waals surface area contributed by atoms with E-state index >= 15 is 0 Å². The van der Waals surface area contributed by atoms with E-state index < -0.39 is 12.0 Å². The summed E-state index contributed by atoms with van der Waals surface area (Å²) in [5, 5.41) is 8.25. The maximum absolute atomic E-state index is 13.0. The third kappa shape index (κ3) is 5.37. The summed E-state index contributed by atoms with van der Waals surface area (Å²) in [7, 11) is 1.51. The van der Waals surface area contributed by atoms with Gasteiger partial charge in [0.15, 0.2) is 11.5 Å². The lowest BCUT2D eigenvalue weighted by atomic mass is 10.2. The van der Waals surface area contributed by atoms with Gasteiger partial charge in [0.25, 0.3) is 11.1 Å². The van der Waals surface area contributed by atoms with Crippen molar-refractivity contribution in [2.45, 2.75) is 17.7 Å². The van der Waals surface area contributed by atoms with Gasteiger partial charge in [-0.2, -0.15) is 0 Å². The molecule has 0 bridgehead atoms. The van der Waals surface area contributed by atoms with Crippen LogP contribution < -0.4 is 24.8 Å². The van der Waals surface area contributed by atoms with Crippen molar-refractivity contribution in [1.29, 1.82) is 0 Å². The number of anilines is 1. The number of nitrogens with zero attached hydrogens (tertiary/aromatic N) is 3. The molecule has 0 fully saturated rings. The Balaban J connectivity index is 1.42. The lowest BCUT2D eigenvalue weighted by Gasteiger charge is -2.24. The molecule has 2 aromatic carbocycles. The highest BCUT2D eigenvalue weighted by atomic mass is 32.2. The molecular weight excluding hydrogens is 448 g/mol. The minimum atomic E-state index is -0.543. The van der Waals surface area contributed by atoms with Gasteiger partial charge in [-0.15, -0.1) is 10.2 Å². The molecule has 33 heavy (non-hydrogen) atoms. The fourth-order valence-corrected chi connectivity index (χ4v) is 3.85. The second-order valence-corrected chi connectivity index (χ2v) is 7.92. The van der Waals surface area contributed by atoms with Crippen LogP contribution in [-0.2, 0) is 9.59 Å². The van der Waals surface area contributed by atoms with Crippen molar-refractivity contribution in [2.24, 2.45) is 5.73 Å². The summed E-state index contributed by atoms with van der Waals surface area (Å²) in [5.74, 6) is 1.25. The van der Waals surface area contributed by atoms with Crippen molar-refractivity contribution in [3.8, 4) is 17.2 Å². The molecule has 0 saturated carbocycles. The van der Waals surface area contributed by atoms with E-state index in [2.05, 4.69) is 10.2 Å². The summed E-state index contributed by atoms with van der Waals surface area (Å²) in [5.41, 5.74) is 5.84. The van der Waals surface area contributed by atoms with Crippen molar-refractivity contribution < 1.29 is 28.2 Å². The number of primary amides is 1. The molecule has 1 unspecified atom stereocenters. The second-order valence-electron chi connectivity index (χ2n) is 6.99. The maximum Gasteiger partial charge on any atom is 0.277 e. The molecule has 1 aliphatic rings. The Kier molecular flexibility index (Phi) is 6.98. The molecule has 0 saturated heterocycles. The number of carbonyl (C=O) groups is 2. The van der Waals surface area contributed by atoms with E-state index in [-0.39, 0.29) is 42.3 Å². The molecule has 0 spiro atoms. The number of methoxy groups -OCH3 is 1. The van der Waals surface area contributed by atoms with Crippen molar-refractivity contribution in [3.05, 3.63) is 54.4 Å². The van der Waals surface area contributed by atoms with Gasteiger partial charge in [-0.1, -0.05) is 36.0 Å². The van der Waals surface area contributed by atoms with Gasteiger partial charge in [0.1, 0.15) is 12.4 Å². The number of benzene rings is 2. The summed E-state index contributed by atoms with van der Waals surface area (Å²) >= 11 is 1.08. The highest BCUT2D eigenvalue weighted by molar-refractivity contribution is 7.99. The lowest BCUT2D eigenvalue weighted by molar-refractivity contribution is -0.118. The van der Waals surface area contributed by atoms with Gasteiger partial charge in [-0.3, -0.25) is 9.59 Å². The topological polar surface area (TPSA) is 130 Å². The van der Waals surface area contributed by atoms with Gasteiger partial charge in [0, 0.05) is 13.0 Å². The highest BCUT2D eigenvalue weighted by Crippen LogP contribution is 2.36. The van der Waals surface area contributed by atoms with Gasteiger partial charge >= 0.3 is 0 Å². The van der Waals surface area contributed by atoms with Gasteiger partial charge in [0.05, 0.1) is 18.6 Å². The number of rotatable bonds is 9. The van der Waals surface area contributed by atoms with Gasteiger partial charge in [0.2, 0.25) is 17.9 Å². The number of carbonyl (C=O) groups excluding carboxylic acids is 2. The number of hydrogen-bond donors (Lipinski definition) is 1. The Hall–Kier alpha value is -3.73. The van der Waals surface area contributed by atoms with Crippen LogP contribution >= 0.6 is 11.8 Å². The molecule has 3 aromatic rings. The molecule has 2 N–H and O–H groups in total. The van der Waals surface area contributed by atoms with E-state index in [1.54, 1.807) is 30.3 Å². The van der Waals surface area contributed by atoms with E-state index in [0.717, 1.165) is 11.8 Å². The number of para-hydroxylation sites is 4. The average Bonchev–Trinajstić information content (AvgIpc) is 3.32. The van der Waals surface area contributed by atoms with Crippen molar-refractivity contribution in [1.82, 2.24) is 10.2 Å². The summed E-state index contributed by atoms with van der Waals surface area (Å²) in [6, 6.07) is 14.4. The molecule has 0 radical (unpaired) electrons. The third-order valence-electron chi connectivity index (χ3n) is 4.78. The quantitative estimate of drug-likeness (QED) is 0.469. The number of ether oxygens (including phenoxy) is 3. The predicted octanol–water partition coefficient (Wildman–Crippen LogP) is 2.59. The van der Waals surface area contributed by atoms with Crippen molar-refractivity contribution in [3.63, 3.8) is 0 Å². The van der Waals surface area contributed by atoms with Crippen LogP contribution in [0, 0.1) is 0 Å². The monoisotopic (exact) mass is 470 g/mol. The number of nitrogens with two attached hydrogens (primary N) is 1. The number of hydrogen-bond acceptors (Lipinski definition) is 9. The van der Waals surface area contributed by atoms with Gasteiger partial charge in [-0.05, 0) is 24.3 Å². The molecule has 1 atom stereocenters. The number of fused-ring (bicyclic) bond motifs is 1. The van der Waals surface area contributed by atoms with E-state index in [4.69, 9.17) is 24.4 Å². The zero-order valence-electron chi connectivity index (χ0n) is 17.8. The van der Waals surface area contributed by atoms with Crippen LogP contribution in [0.5, 0.6) is 17.2 Å². The minimum Gasteiger partial charge on any atom is -0.495 e. The normalized spacial score (nSPS) is 14.5. The Morgan fingerprint density at radius 2 is 1.91 bits per heavy atom. The first-order valence-corrected chi connectivity index (χ1v) is 11.1. The lowest BCUT2D eigenvalue weighted by Crippen LogP contribution is -2.35. The summed E-state index contributed by atoms with van der Waals surface area (Å²) in [4.78, 5) is 25.8. The molecular formula is C22H22N4O6S.